The normalized spacial score (nSPS) is 17.8. The third-order valence-corrected chi connectivity index (χ3v) is 4.44. The van der Waals surface area contributed by atoms with Gasteiger partial charge in [0.2, 0.25) is 0 Å². The molecule has 0 saturated heterocycles. The highest BCUT2D eigenvalue weighted by Gasteiger charge is 2.41. The van der Waals surface area contributed by atoms with E-state index in [0.717, 1.165) is 29.0 Å². The van der Waals surface area contributed by atoms with Crippen LogP contribution < -0.4 is 10.1 Å². The Balaban J connectivity index is 1.54. The van der Waals surface area contributed by atoms with Crippen LogP contribution in [0.2, 0.25) is 0 Å². The summed E-state index contributed by atoms with van der Waals surface area (Å²) in [6.07, 6.45) is 5.54. The van der Waals surface area contributed by atoms with Crippen LogP contribution in [0.5, 0.6) is 11.5 Å². The maximum Gasteiger partial charge on any atom is 0.150 e. The van der Waals surface area contributed by atoms with Crippen molar-refractivity contribution in [2.75, 3.05) is 5.32 Å². The Kier molecular flexibility index (Phi) is 3.30. The number of nitrogens with one attached hydrogen (secondary N) is 1. The molecular weight excluding hydrogens is 258 g/mol. The predicted molar refractivity (Wildman–Crippen MR) is 85.8 cm³/mol. The van der Waals surface area contributed by atoms with E-state index in [4.69, 9.17) is 4.74 Å². The third kappa shape index (κ3) is 3.05. The Morgan fingerprint density at radius 1 is 0.810 bits per heavy atom. The van der Waals surface area contributed by atoms with Gasteiger partial charge in [0.1, 0.15) is 5.75 Å². The Bertz CT molecular complexity index is 590. The van der Waals surface area contributed by atoms with E-state index in [1.54, 1.807) is 0 Å². The predicted octanol–water partition coefficient (Wildman–Crippen LogP) is 5.08. The van der Waals surface area contributed by atoms with Gasteiger partial charge in [-0.15, -0.1) is 0 Å². The number of hydrogen-bond acceptors (Lipinski definition) is 2. The summed E-state index contributed by atoms with van der Waals surface area (Å²) in [4.78, 5) is 0. The van der Waals surface area contributed by atoms with Crippen LogP contribution in [0, 0.1) is 11.8 Å². The highest BCUT2D eigenvalue weighted by molar-refractivity contribution is 5.58. The summed E-state index contributed by atoms with van der Waals surface area (Å²) in [5.41, 5.74) is 1.13. The first kappa shape index (κ1) is 12.8. The van der Waals surface area contributed by atoms with Gasteiger partial charge in [-0.2, -0.15) is 0 Å². The molecule has 4 rings (SSSR count). The first-order valence-electron chi connectivity index (χ1n) is 7.98. The second kappa shape index (κ2) is 5.44. The number of ether oxygens (including phenoxy) is 1. The van der Waals surface area contributed by atoms with Crippen LogP contribution >= 0.6 is 0 Å². The molecule has 108 valence electrons. The Morgan fingerprint density at radius 3 is 2.10 bits per heavy atom. The van der Waals surface area contributed by atoms with E-state index in [2.05, 4.69) is 17.4 Å². The van der Waals surface area contributed by atoms with Crippen molar-refractivity contribution in [2.24, 2.45) is 11.8 Å². The maximum atomic E-state index is 6.05. The third-order valence-electron chi connectivity index (χ3n) is 4.44. The standard InChI is InChI=1S/C19H21NO/c1-2-6-16(7-3-1)21-18-9-5-4-8-17(18)20-19(14-10-11-14)15-12-13-15/h1-9,14-15,19-20H,10-13H2. The van der Waals surface area contributed by atoms with Gasteiger partial charge in [0, 0.05) is 6.04 Å². The first-order chi connectivity index (χ1) is 10.4. The van der Waals surface area contributed by atoms with E-state index in [1.165, 1.54) is 25.7 Å². The molecule has 2 saturated carbocycles. The minimum Gasteiger partial charge on any atom is -0.455 e. The monoisotopic (exact) mass is 279 g/mol. The number of anilines is 1. The average molecular weight is 279 g/mol. The largest absolute Gasteiger partial charge is 0.455 e. The van der Waals surface area contributed by atoms with Gasteiger partial charge in [-0.25, -0.2) is 0 Å². The van der Waals surface area contributed by atoms with E-state index < -0.39 is 0 Å². The Morgan fingerprint density at radius 2 is 1.43 bits per heavy atom. The number of hydrogen-bond donors (Lipinski definition) is 1. The zero-order valence-electron chi connectivity index (χ0n) is 12.2. The Hall–Kier alpha value is -1.96. The fraction of sp³-hybridized carbons (Fsp3) is 0.368. The molecule has 0 heterocycles. The first-order valence-corrected chi connectivity index (χ1v) is 7.98. The lowest BCUT2D eigenvalue weighted by atomic mass is 10.1. The van der Waals surface area contributed by atoms with Crippen LogP contribution in [0.3, 0.4) is 0 Å². The van der Waals surface area contributed by atoms with Crippen LogP contribution in [0.1, 0.15) is 25.7 Å². The summed E-state index contributed by atoms with van der Waals surface area (Å²) < 4.78 is 6.05. The van der Waals surface area contributed by atoms with Gasteiger partial charge in [0.25, 0.3) is 0 Å². The van der Waals surface area contributed by atoms with Crippen molar-refractivity contribution in [3.63, 3.8) is 0 Å². The van der Waals surface area contributed by atoms with E-state index in [1.807, 2.05) is 42.5 Å². The van der Waals surface area contributed by atoms with Crippen LogP contribution in [0.25, 0.3) is 0 Å². The lowest BCUT2D eigenvalue weighted by molar-refractivity contribution is 0.481. The van der Waals surface area contributed by atoms with E-state index in [9.17, 15) is 0 Å². The summed E-state index contributed by atoms with van der Waals surface area (Å²) in [7, 11) is 0. The minimum absolute atomic E-state index is 0.644. The molecule has 0 radical (unpaired) electrons. The van der Waals surface area contributed by atoms with Crippen molar-refractivity contribution in [3.05, 3.63) is 54.6 Å². The van der Waals surface area contributed by atoms with Gasteiger partial charge in [0.15, 0.2) is 5.75 Å². The van der Waals surface area contributed by atoms with Gasteiger partial charge in [-0.05, 0) is 61.8 Å². The van der Waals surface area contributed by atoms with Crippen LogP contribution in [-0.2, 0) is 0 Å². The van der Waals surface area contributed by atoms with Crippen molar-refractivity contribution in [3.8, 4) is 11.5 Å². The van der Waals surface area contributed by atoms with Crippen LogP contribution in [0.4, 0.5) is 5.69 Å². The van der Waals surface area contributed by atoms with Crippen LogP contribution in [-0.4, -0.2) is 6.04 Å². The topological polar surface area (TPSA) is 21.3 Å². The smallest absolute Gasteiger partial charge is 0.150 e. The summed E-state index contributed by atoms with van der Waals surface area (Å²) in [5, 5.41) is 3.77. The van der Waals surface area contributed by atoms with E-state index in [0.29, 0.717) is 6.04 Å². The molecule has 2 nitrogen and oxygen atoms in total. The lowest BCUT2D eigenvalue weighted by Gasteiger charge is -2.21. The quantitative estimate of drug-likeness (QED) is 0.796. The number of para-hydroxylation sites is 3. The highest BCUT2D eigenvalue weighted by atomic mass is 16.5. The molecule has 2 heteroatoms. The van der Waals surface area contributed by atoms with Crippen molar-refractivity contribution >= 4 is 5.69 Å². The molecule has 21 heavy (non-hydrogen) atoms. The molecule has 0 amide bonds. The SMILES string of the molecule is c1ccc(Oc2ccccc2NC(C2CC2)C2CC2)cc1. The zero-order valence-corrected chi connectivity index (χ0v) is 12.2. The lowest BCUT2D eigenvalue weighted by Crippen LogP contribution is -2.24. The maximum absolute atomic E-state index is 6.05. The summed E-state index contributed by atoms with van der Waals surface area (Å²) >= 11 is 0. The van der Waals surface area contributed by atoms with Crippen molar-refractivity contribution in [1.82, 2.24) is 0 Å². The molecular formula is C19H21NO. The molecule has 2 aliphatic carbocycles. The van der Waals surface area contributed by atoms with Crippen molar-refractivity contribution < 1.29 is 4.74 Å². The molecule has 0 aliphatic heterocycles. The molecule has 0 atom stereocenters. The second-order valence-corrected chi connectivity index (χ2v) is 6.26. The molecule has 0 bridgehead atoms. The summed E-state index contributed by atoms with van der Waals surface area (Å²) in [6.45, 7) is 0. The number of benzene rings is 2. The van der Waals surface area contributed by atoms with Crippen LogP contribution in [0.15, 0.2) is 54.6 Å². The zero-order chi connectivity index (χ0) is 14.1. The summed E-state index contributed by atoms with van der Waals surface area (Å²) in [5.74, 6) is 3.57. The fourth-order valence-corrected chi connectivity index (χ4v) is 3.00. The van der Waals surface area contributed by atoms with E-state index in [-0.39, 0.29) is 0 Å². The molecule has 2 aromatic rings. The minimum atomic E-state index is 0.644. The molecule has 0 aromatic heterocycles. The van der Waals surface area contributed by atoms with Gasteiger partial charge in [-0.1, -0.05) is 30.3 Å². The molecule has 2 aliphatic rings. The molecule has 2 aromatic carbocycles. The molecule has 2 fully saturated rings. The number of rotatable bonds is 6. The second-order valence-electron chi connectivity index (χ2n) is 6.26. The summed E-state index contributed by atoms with van der Waals surface area (Å²) in [6, 6.07) is 18.9. The highest BCUT2D eigenvalue weighted by Crippen LogP contribution is 2.46. The van der Waals surface area contributed by atoms with Gasteiger partial charge in [0.05, 0.1) is 5.69 Å². The van der Waals surface area contributed by atoms with Gasteiger partial charge in [-0.3, -0.25) is 0 Å². The van der Waals surface area contributed by atoms with Crippen molar-refractivity contribution in [1.29, 1.82) is 0 Å². The average Bonchev–Trinajstić information content (AvgIpc) is 3.40. The molecule has 1 N–H and O–H groups in total. The van der Waals surface area contributed by atoms with Gasteiger partial charge < -0.3 is 10.1 Å². The van der Waals surface area contributed by atoms with E-state index >= 15 is 0 Å². The molecule has 0 spiro atoms. The Labute approximate surface area is 126 Å². The van der Waals surface area contributed by atoms with Gasteiger partial charge >= 0.3 is 0 Å². The molecule has 0 unspecified atom stereocenters. The fourth-order valence-electron chi connectivity index (χ4n) is 3.00. The van der Waals surface area contributed by atoms with Crippen molar-refractivity contribution in [2.45, 2.75) is 31.7 Å².